The van der Waals surface area contributed by atoms with E-state index in [0.29, 0.717) is 18.9 Å². The average Bonchev–Trinajstić information content (AvgIpc) is 2.96. The molecule has 1 aromatic rings. The predicted octanol–water partition coefficient (Wildman–Crippen LogP) is 1.31. The van der Waals surface area contributed by atoms with E-state index < -0.39 is 0 Å². The van der Waals surface area contributed by atoms with Crippen molar-refractivity contribution in [1.29, 1.82) is 0 Å². The molecule has 0 aromatic carbocycles. The van der Waals surface area contributed by atoms with Crippen molar-refractivity contribution in [1.82, 2.24) is 14.7 Å². The molecule has 5 nitrogen and oxygen atoms in total. The Hall–Kier alpha value is -0.780. The number of hydrogen-bond acceptors (Lipinski definition) is 3. The van der Waals surface area contributed by atoms with Crippen molar-refractivity contribution in [3.63, 3.8) is 0 Å². The van der Waals surface area contributed by atoms with Crippen LogP contribution >= 0.6 is 24.8 Å². The molecule has 1 aromatic heterocycles. The summed E-state index contributed by atoms with van der Waals surface area (Å²) < 4.78 is 1.79. The average molecular weight is 309 g/mol. The Kier molecular flexibility index (Phi) is 8.06. The molecular formula is C12H22Cl2N4O. The number of halogens is 2. The topological polar surface area (TPSA) is 64.2 Å². The van der Waals surface area contributed by atoms with Crippen LogP contribution in [-0.2, 0) is 11.3 Å². The number of nitrogens with two attached hydrogens (primary N) is 1. The molecule has 2 rings (SSSR count). The summed E-state index contributed by atoms with van der Waals surface area (Å²) in [7, 11) is 0. The summed E-state index contributed by atoms with van der Waals surface area (Å²) in [6.07, 6.45) is 5.16. The Morgan fingerprint density at radius 2 is 2.26 bits per heavy atom. The lowest BCUT2D eigenvalue weighted by atomic mass is 10.0. The molecule has 1 amide bonds. The van der Waals surface area contributed by atoms with Gasteiger partial charge in [0.15, 0.2) is 0 Å². The monoisotopic (exact) mass is 308 g/mol. The summed E-state index contributed by atoms with van der Waals surface area (Å²) in [5.41, 5.74) is 5.86. The van der Waals surface area contributed by atoms with E-state index >= 15 is 0 Å². The molecule has 0 saturated carbocycles. The fraction of sp³-hybridized carbons (Fsp3) is 0.667. The fourth-order valence-electron chi connectivity index (χ4n) is 2.24. The summed E-state index contributed by atoms with van der Waals surface area (Å²) in [5, 5.41) is 4.08. The van der Waals surface area contributed by atoms with E-state index in [4.69, 9.17) is 5.73 Å². The van der Waals surface area contributed by atoms with Crippen molar-refractivity contribution >= 4 is 30.7 Å². The minimum atomic E-state index is 0. The van der Waals surface area contributed by atoms with Crippen LogP contribution < -0.4 is 5.73 Å². The Balaban J connectivity index is 0.00000162. The highest BCUT2D eigenvalue weighted by atomic mass is 35.5. The molecule has 0 radical (unpaired) electrons. The van der Waals surface area contributed by atoms with Gasteiger partial charge in [0.05, 0.1) is 0 Å². The largest absolute Gasteiger partial charge is 0.342 e. The molecule has 2 heterocycles. The second kappa shape index (κ2) is 8.40. The van der Waals surface area contributed by atoms with Gasteiger partial charge in [-0.05, 0) is 25.3 Å². The number of nitrogens with zero attached hydrogens (tertiary/aromatic N) is 3. The van der Waals surface area contributed by atoms with E-state index in [1.54, 1.807) is 10.9 Å². The maximum atomic E-state index is 12.0. The molecule has 2 atom stereocenters. The fourth-order valence-corrected chi connectivity index (χ4v) is 2.24. The van der Waals surface area contributed by atoms with Gasteiger partial charge in [-0.3, -0.25) is 9.48 Å². The summed E-state index contributed by atoms with van der Waals surface area (Å²) in [4.78, 5) is 13.9. The highest BCUT2D eigenvalue weighted by Gasteiger charge is 2.27. The van der Waals surface area contributed by atoms with Gasteiger partial charge < -0.3 is 10.6 Å². The lowest BCUT2D eigenvalue weighted by Gasteiger charge is -2.18. The summed E-state index contributed by atoms with van der Waals surface area (Å²) in [5.74, 6) is 0.673. The van der Waals surface area contributed by atoms with Crippen molar-refractivity contribution in [2.75, 3.05) is 13.1 Å². The Labute approximate surface area is 126 Å². The molecule has 110 valence electrons. The zero-order valence-corrected chi connectivity index (χ0v) is 12.7. The SMILES string of the molecule is CC(N)C1CCN(C(=O)CCn2cccn2)C1.Cl.Cl. The van der Waals surface area contributed by atoms with E-state index in [0.717, 1.165) is 19.5 Å². The first-order chi connectivity index (χ1) is 8.16. The number of carbonyl (C=O) groups excluding carboxylic acids is 1. The van der Waals surface area contributed by atoms with Gasteiger partial charge in [0.2, 0.25) is 5.91 Å². The first kappa shape index (κ1) is 18.2. The van der Waals surface area contributed by atoms with Gasteiger partial charge in [0, 0.05) is 44.5 Å². The highest BCUT2D eigenvalue weighted by molar-refractivity contribution is 5.85. The number of aryl methyl sites for hydroxylation is 1. The standard InChI is InChI=1S/C12H20N4O.2ClH/c1-10(13)11-3-7-15(9-11)12(17)4-8-16-6-2-5-14-16;;/h2,5-6,10-11H,3-4,7-9,13H2,1H3;2*1H. The summed E-state index contributed by atoms with van der Waals surface area (Å²) >= 11 is 0. The number of aromatic nitrogens is 2. The van der Waals surface area contributed by atoms with Crippen molar-refractivity contribution in [3.8, 4) is 0 Å². The molecule has 0 aliphatic carbocycles. The van der Waals surface area contributed by atoms with Crippen LogP contribution in [0.15, 0.2) is 18.5 Å². The van der Waals surface area contributed by atoms with Crippen LogP contribution in [0.3, 0.4) is 0 Å². The Morgan fingerprint density at radius 1 is 1.53 bits per heavy atom. The Morgan fingerprint density at radius 3 is 2.79 bits per heavy atom. The normalized spacial score (nSPS) is 19.5. The predicted molar refractivity (Wildman–Crippen MR) is 79.7 cm³/mol. The van der Waals surface area contributed by atoms with Gasteiger partial charge in [-0.25, -0.2) is 0 Å². The molecule has 0 bridgehead atoms. The molecule has 19 heavy (non-hydrogen) atoms. The van der Waals surface area contributed by atoms with E-state index in [1.807, 2.05) is 24.1 Å². The van der Waals surface area contributed by atoms with Crippen molar-refractivity contribution < 1.29 is 4.79 Å². The quantitative estimate of drug-likeness (QED) is 0.912. The molecular weight excluding hydrogens is 287 g/mol. The molecule has 1 fully saturated rings. The van der Waals surface area contributed by atoms with Crippen molar-refractivity contribution in [3.05, 3.63) is 18.5 Å². The van der Waals surface area contributed by atoms with E-state index in [-0.39, 0.29) is 36.8 Å². The van der Waals surface area contributed by atoms with Crippen LogP contribution in [0.2, 0.25) is 0 Å². The maximum Gasteiger partial charge on any atom is 0.224 e. The number of amides is 1. The van der Waals surface area contributed by atoms with Gasteiger partial charge in [0.1, 0.15) is 0 Å². The van der Waals surface area contributed by atoms with Gasteiger partial charge in [-0.2, -0.15) is 5.10 Å². The number of likely N-dealkylation sites (tertiary alicyclic amines) is 1. The van der Waals surface area contributed by atoms with Crippen LogP contribution in [0.25, 0.3) is 0 Å². The van der Waals surface area contributed by atoms with E-state index in [9.17, 15) is 4.79 Å². The minimum Gasteiger partial charge on any atom is -0.342 e. The van der Waals surface area contributed by atoms with Crippen LogP contribution in [0.1, 0.15) is 19.8 Å². The lowest BCUT2D eigenvalue weighted by molar-refractivity contribution is -0.130. The highest BCUT2D eigenvalue weighted by Crippen LogP contribution is 2.19. The smallest absolute Gasteiger partial charge is 0.224 e. The summed E-state index contributed by atoms with van der Waals surface area (Å²) in [6.45, 7) is 4.34. The zero-order valence-electron chi connectivity index (χ0n) is 11.1. The summed E-state index contributed by atoms with van der Waals surface area (Å²) in [6, 6.07) is 2.05. The van der Waals surface area contributed by atoms with E-state index in [2.05, 4.69) is 5.10 Å². The Bertz CT molecular complexity index is 370. The van der Waals surface area contributed by atoms with Crippen LogP contribution in [0.5, 0.6) is 0 Å². The van der Waals surface area contributed by atoms with Gasteiger partial charge in [-0.1, -0.05) is 0 Å². The van der Waals surface area contributed by atoms with E-state index in [1.165, 1.54) is 0 Å². The third-order valence-electron chi connectivity index (χ3n) is 3.43. The zero-order chi connectivity index (χ0) is 12.3. The van der Waals surface area contributed by atoms with Crippen LogP contribution in [0.4, 0.5) is 0 Å². The molecule has 2 unspecified atom stereocenters. The molecule has 7 heteroatoms. The molecule has 1 aliphatic heterocycles. The van der Waals surface area contributed by atoms with Crippen LogP contribution in [-0.4, -0.2) is 39.7 Å². The van der Waals surface area contributed by atoms with Crippen LogP contribution in [0, 0.1) is 5.92 Å². The molecule has 2 N–H and O–H groups in total. The van der Waals surface area contributed by atoms with Crippen molar-refractivity contribution in [2.24, 2.45) is 11.7 Å². The molecule has 1 aliphatic rings. The van der Waals surface area contributed by atoms with Crippen molar-refractivity contribution in [2.45, 2.75) is 32.4 Å². The van der Waals surface area contributed by atoms with Gasteiger partial charge >= 0.3 is 0 Å². The third-order valence-corrected chi connectivity index (χ3v) is 3.43. The number of carbonyl (C=O) groups is 1. The third kappa shape index (κ3) is 5.01. The molecule has 1 saturated heterocycles. The van der Waals surface area contributed by atoms with Gasteiger partial charge in [0.25, 0.3) is 0 Å². The molecule has 0 spiro atoms. The lowest BCUT2D eigenvalue weighted by Crippen LogP contribution is -2.33. The minimum absolute atomic E-state index is 0. The first-order valence-electron chi connectivity index (χ1n) is 6.17. The van der Waals surface area contributed by atoms with Gasteiger partial charge in [-0.15, -0.1) is 24.8 Å². The second-order valence-corrected chi connectivity index (χ2v) is 4.77. The second-order valence-electron chi connectivity index (χ2n) is 4.77. The number of rotatable bonds is 4. The maximum absolute atomic E-state index is 12.0. The first-order valence-corrected chi connectivity index (χ1v) is 6.17. The number of hydrogen-bond donors (Lipinski definition) is 1.